The van der Waals surface area contributed by atoms with Crippen LogP contribution in [0.3, 0.4) is 0 Å². The fraction of sp³-hybridized carbons (Fsp3) is 0.364. The van der Waals surface area contributed by atoms with Gasteiger partial charge in [-0.15, -0.1) is 0 Å². The molecule has 1 aromatic heterocycles. The van der Waals surface area contributed by atoms with Gasteiger partial charge in [0.25, 0.3) is 0 Å². The van der Waals surface area contributed by atoms with Gasteiger partial charge in [0.05, 0.1) is 0 Å². The standard InChI is InChI=1S/C11H14BrFN2/c1-4-15(7-8(2)3)11-10(13)5-9(12)6-14-11/h5-6H,2,4,7H2,1,3H3. The van der Waals surface area contributed by atoms with Crippen molar-refractivity contribution in [1.82, 2.24) is 4.98 Å². The summed E-state index contributed by atoms with van der Waals surface area (Å²) in [6, 6.07) is 1.42. The lowest BCUT2D eigenvalue weighted by atomic mass is 10.3. The fourth-order valence-corrected chi connectivity index (χ4v) is 1.61. The second-order valence-corrected chi connectivity index (χ2v) is 4.35. The Labute approximate surface area is 97.9 Å². The molecule has 0 atom stereocenters. The molecule has 0 fully saturated rings. The van der Waals surface area contributed by atoms with Gasteiger partial charge in [0.2, 0.25) is 0 Å². The fourth-order valence-electron chi connectivity index (χ4n) is 1.30. The van der Waals surface area contributed by atoms with Gasteiger partial charge in [-0.3, -0.25) is 0 Å². The molecule has 15 heavy (non-hydrogen) atoms. The molecule has 1 aromatic rings. The zero-order valence-electron chi connectivity index (χ0n) is 8.93. The highest BCUT2D eigenvalue weighted by molar-refractivity contribution is 9.10. The third-order valence-corrected chi connectivity index (χ3v) is 2.36. The van der Waals surface area contributed by atoms with E-state index in [1.54, 1.807) is 6.20 Å². The highest BCUT2D eigenvalue weighted by atomic mass is 79.9. The molecule has 0 aliphatic carbocycles. The zero-order chi connectivity index (χ0) is 11.4. The number of pyridine rings is 1. The molecular formula is C11H14BrFN2. The molecule has 1 heterocycles. The number of hydrogen-bond donors (Lipinski definition) is 0. The van der Waals surface area contributed by atoms with Crippen molar-refractivity contribution in [1.29, 1.82) is 0 Å². The summed E-state index contributed by atoms with van der Waals surface area (Å²) >= 11 is 3.18. The van der Waals surface area contributed by atoms with E-state index in [0.29, 0.717) is 23.4 Å². The second-order valence-electron chi connectivity index (χ2n) is 3.43. The van der Waals surface area contributed by atoms with Crippen molar-refractivity contribution in [2.45, 2.75) is 13.8 Å². The number of likely N-dealkylation sites (N-methyl/N-ethyl adjacent to an activating group) is 1. The highest BCUT2D eigenvalue weighted by Crippen LogP contribution is 2.20. The van der Waals surface area contributed by atoms with E-state index in [4.69, 9.17) is 0 Å². The molecule has 0 saturated heterocycles. The van der Waals surface area contributed by atoms with Crippen LogP contribution in [-0.2, 0) is 0 Å². The molecule has 0 aliphatic heterocycles. The van der Waals surface area contributed by atoms with E-state index in [1.807, 2.05) is 18.7 Å². The first-order chi connectivity index (χ1) is 7.04. The number of hydrogen-bond acceptors (Lipinski definition) is 2. The molecular weight excluding hydrogens is 259 g/mol. The number of aromatic nitrogens is 1. The van der Waals surface area contributed by atoms with Crippen LogP contribution in [0, 0.1) is 5.82 Å². The molecule has 0 unspecified atom stereocenters. The molecule has 1 rings (SSSR count). The maximum atomic E-state index is 13.6. The van der Waals surface area contributed by atoms with Crippen LogP contribution in [-0.4, -0.2) is 18.1 Å². The van der Waals surface area contributed by atoms with Gasteiger partial charge in [-0.2, -0.15) is 0 Å². The monoisotopic (exact) mass is 272 g/mol. The van der Waals surface area contributed by atoms with Crippen LogP contribution in [0.4, 0.5) is 10.2 Å². The van der Waals surface area contributed by atoms with Crippen LogP contribution >= 0.6 is 15.9 Å². The van der Waals surface area contributed by atoms with Gasteiger partial charge in [0.1, 0.15) is 0 Å². The van der Waals surface area contributed by atoms with Crippen molar-refractivity contribution in [2.24, 2.45) is 0 Å². The molecule has 4 heteroatoms. The number of anilines is 1. The molecule has 82 valence electrons. The zero-order valence-corrected chi connectivity index (χ0v) is 10.5. The number of halogens is 2. The minimum atomic E-state index is -0.313. The van der Waals surface area contributed by atoms with Crippen LogP contribution in [0.25, 0.3) is 0 Å². The summed E-state index contributed by atoms with van der Waals surface area (Å²) in [5, 5.41) is 0. The topological polar surface area (TPSA) is 16.1 Å². The van der Waals surface area contributed by atoms with Gasteiger partial charge in [-0.05, 0) is 35.8 Å². The van der Waals surface area contributed by atoms with Crippen molar-refractivity contribution in [3.63, 3.8) is 0 Å². The summed E-state index contributed by atoms with van der Waals surface area (Å²) in [4.78, 5) is 5.92. The molecule has 0 amide bonds. The Kier molecular flexibility index (Phi) is 4.27. The van der Waals surface area contributed by atoms with Crippen molar-refractivity contribution in [3.8, 4) is 0 Å². The van der Waals surface area contributed by atoms with Gasteiger partial charge >= 0.3 is 0 Å². The third kappa shape index (κ3) is 3.30. The van der Waals surface area contributed by atoms with E-state index < -0.39 is 0 Å². The van der Waals surface area contributed by atoms with Gasteiger partial charge < -0.3 is 4.90 Å². The first-order valence-electron chi connectivity index (χ1n) is 4.75. The molecule has 0 aromatic carbocycles. The number of nitrogens with zero attached hydrogens (tertiary/aromatic N) is 2. The summed E-state index contributed by atoms with van der Waals surface area (Å²) in [6.45, 7) is 9.03. The van der Waals surface area contributed by atoms with Crippen LogP contribution in [0.15, 0.2) is 28.9 Å². The molecule has 0 saturated carbocycles. The average molecular weight is 273 g/mol. The smallest absolute Gasteiger partial charge is 0.166 e. The molecule has 0 bridgehead atoms. The Hall–Kier alpha value is -0.900. The van der Waals surface area contributed by atoms with E-state index in [9.17, 15) is 4.39 Å². The minimum Gasteiger partial charge on any atom is -0.350 e. The minimum absolute atomic E-state index is 0.313. The maximum Gasteiger partial charge on any atom is 0.166 e. The van der Waals surface area contributed by atoms with Gasteiger partial charge in [-0.25, -0.2) is 9.37 Å². The van der Waals surface area contributed by atoms with Gasteiger partial charge in [0, 0.05) is 23.8 Å². The van der Waals surface area contributed by atoms with Crippen LogP contribution in [0.2, 0.25) is 0 Å². The van der Waals surface area contributed by atoms with Crippen LogP contribution < -0.4 is 4.90 Å². The van der Waals surface area contributed by atoms with E-state index >= 15 is 0 Å². The summed E-state index contributed by atoms with van der Waals surface area (Å²) in [6.07, 6.45) is 1.60. The largest absolute Gasteiger partial charge is 0.350 e. The SMILES string of the molecule is C=C(C)CN(CC)c1ncc(Br)cc1F. The summed E-state index contributed by atoms with van der Waals surface area (Å²) in [7, 11) is 0. The predicted molar refractivity (Wildman–Crippen MR) is 64.6 cm³/mol. The summed E-state index contributed by atoms with van der Waals surface area (Å²) in [5.74, 6) is 0.0659. The average Bonchev–Trinajstić information content (AvgIpc) is 2.14. The Bertz CT molecular complexity index is 366. The van der Waals surface area contributed by atoms with Crippen LogP contribution in [0.5, 0.6) is 0 Å². The van der Waals surface area contributed by atoms with E-state index in [2.05, 4.69) is 27.5 Å². The lowest BCUT2D eigenvalue weighted by Crippen LogP contribution is -2.26. The predicted octanol–water partition coefficient (Wildman–Crippen LogP) is 3.39. The number of rotatable bonds is 4. The molecule has 0 spiro atoms. The Morgan fingerprint density at radius 3 is 2.80 bits per heavy atom. The normalized spacial score (nSPS) is 10.1. The van der Waals surface area contributed by atoms with Crippen molar-refractivity contribution >= 4 is 21.7 Å². The van der Waals surface area contributed by atoms with Gasteiger partial charge in [-0.1, -0.05) is 12.2 Å². The Balaban J connectivity index is 2.96. The molecule has 0 N–H and O–H groups in total. The van der Waals surface area contributed by atoms with Crippen LogP contribution in [0.1, 0.15) is 13.8 Å². The Morgan fingerprint density at radius 2 is 2.33 bits per heavy atom. The maximum absolute atomic E-state index is 13.6. The van der Waals surface area contributed by atoms with E-state index in [1.165, 1.54) is 6.07 Å². The van der Waals surface area contributed by atoms with Gasteiger partial charge in [0.15, 0.2) is 11.6 Å². The van der Waals surface area contributed by atoms with Crippen molar-refractivity contribution < 1.29 is 4.39 Å². The second kappa shape index (κ2) is 5.26. The third-order valence-electron chi connectivity index (χ3n) is 1.93. The summed E-state index contributed by atoms with van der Waals surface area (Å²) in [5.41, 5.74) is 0.987. The Morgan fingerprint density at radius 1 is 1.67 bits per heavy atom. The van der Waals surface area contributed by atoms with E-state index in [-0.39, 0.29) is 5.82 Å². The highest BCUT2D eigenvalue weighted by Gasteiger charge is 2.11. The lowest BCUT2D eigenvalue weighted by molar-refractivity contribution is 0.612. The lowest BCUT2D eigenvalue weighted by Gasteiger charge is -2.22. The quantitative estimate of drug-likeness (QED) is 0.782. The molecule has 0 aliphatic rings. The first kappa shape index (κ1) is 12.2. The molecule has 0 radical (unpaired) electrons. The molecule has 2 nitrogen and oxygen atoms in total. The van der Waals surface area contributed by atoms with Crippen molar-refractivity contribution in [3.05, 3.63) is 34.7 Å². The summed E-state index contributed by atoms with van der Waals surface area (Å²) < 4.78 is 14.2. The van der Waals surface area contributed by atoms with E-state index in [0.717, 1.165) is 5.57 Å². The van der Waals surface area contributed by atoms with Crippen molar-refractivity contribution in [2.75, 3.05) is 18.0 Å². The first-order valence-corrected chi connectivity index (χ1v) is 5.54.